The summed E-state index contributed by atoms with van der Waals surface area (Å²) >= 11 is 1.63. The third kappa shape index (κ3) is 3.86. The molecule has 0 N–H and O–H groups in total. The van der Waals surface area contributed by atoms with Crippen molar-refractivity contribution in [1.82, 2.24) is 24.0 Å². The van der Waals surface area contributed by atoms with E-state index in [1.54, 1.807) is 22.4 Å². The Morgan fingerprint density at radius 2 is 1.87 bits per heavy atom. The van der Waals surface area contributed by atoms with Gasteiger partial charge in [0.25, 0.3) is 5.91 Å². The van der Waals surface area contributed by atoms with Crippen LogP contribution < -0.4 is 0 Å². The molecule has 1 amide bonds. The Bertz CT molecular complexity index is 1200. The molecule has 8 nitrogen and oxygen atoms in total. The molecule has 0 radical (unpaired) electrons. The zero-order valence-corrected chi connectivity index (χ0v) is 19.1. The SMILES string of the molecule is Cc1ccc(-c2cc(C(=O)N3CCN(S(C)(=O)=O)CC3)c3cnn(C(C)C)c3n2)s1. The average molecular weight is 448 g/mol. The predicted octanol–water partition coefficient (Wildman–Crippen LogP) is 2.77. The molecule has 160 valence electrons. The number of carbonyl (C=O) groups excluding carboxylic acids is 1. The molecule has 0 saturated carbocycles. The summed E-state index contributed by atoms with van der Waals surface area (Å²) in [5, 5.41) is 5.19. The first-order valence-electron chi connectivity index (χ1n) is 9.84. The number of hydrogen-bond acceptors (Lipinski definition) is 6. The van der Waals surface area contributed by atoms with Gasteiger partial charge in [0.2, 0.25) is 10.0 Å². The van der Waals surface area contributed by atoms with Crippen molar-refractivity contribution in [1.29, 1.82) is 0 Å². The molecule has 0 unspecified atom stereocenters. The summed E-state index contributed by atoms with van der Waals surface area (Å²) in [4.78, 5) is 22.2. The Kier molecular flexibility index (Phi) is 5.41. The normalized spacial score (nSPS) is 16.0. The fourth-order valence-corrected chi connectivity index (χ4v) is 5.32. The van der Waals surface area contributed by atoms with Gasteiger partial charge in [-0.2, -0.15) is 9.40 Å². The van der Waals surface area contributed by atoms with Crippen LogP contribution in [0.3, 0.4) is 0 Å². The molecule has 1 saturated heterocycles. The summed E-state index contributed by atoms with van der Waals surface area (Å²) in [6, 6.07) is 6.00. The Labute approximate surface area is 180 Å². The number of nitrogens with zero attached hydrogens (tertiary/aromatic N) is 5. The van der Waals surface area contributed by atoms with Gasteiger partial charge in [0.1, 0.15) is 0 Å². The second-order valence-corrected chi connectivity index (χ2v) is 11.1. The molecular formula is C20H25N5O3S2. The summed E-state index contributed by atoms with van der Waals surface area (Å²) < 4.78 is 26.8. The molecule has 3 aromatic heterocycles. The summed E-state index contributed by atoms with van der Waals surface area (Å²) in [5.74, 6) is -0.117. The third-order valence-corrected chi connectivity index (χ3v) is 7.60. The van der Waals surface area contributed by atoms with E-state index >= 15 is 0 Å². The molecule has 0 aliphatic carbocycles. The van der Waals surface area contributed by atoms with Crippen LogP contribution in [-0.2, 0) is 10.0 Å². The Morgan fingerprint density at radius 3 is 2.43 bits per heavy atom. The van der Waals surface area contributed by atoms with Crippen molar-refractivity contribution in [2.45, 2.75) is 26.8 Å². The molecule has 4 rings (SSSR count). The highest BCUT2D eigenvalue weighted by molar-refractivity contribution is 7.88. The molecule has 1 aliphatic rings. The highest BCUT2D eigenvalue weighted by Gasteiger charge is 2.28. The second kappa shape index (κ2) is 7.75. The quantitative estimate of drug-likeness (QED) is 0.614. The lowest BCUT2D eigenvalue weighted by atomic mass is 10.1. The minimum atomic E-state index is -3.25. The van der Waals surface area contributed by atoms with Gasteiger partial charge in [-0.05, 0) is 39.0 Å². The van der Waals surface area contributed by atoms with Gasteiger partial charge >= 0.3 is 0 Å². The van der Waals surface area contributed by atoms with E-state index in [-0.39, 0.29) is 11.9 Å². The molecule has 0 bridgehead atoms. The van der Waals surface area contributed by atoms with Crippen LogP contribution in [0.1, 0.15) is 35.1 Å². The van der Waals surface area contributed by atoms with Crippen molar-refractivity contribution in [3.05, 3.63) is 34.8 Å². The Balaban J connectivity index is 1.75. The summed E-state index contributed by atoms with van der Waals surface area (Å²) in [5.41, 5.74) is 1.99. The van der Waals surface area contributed by atoms with E-state index in [0.717, 1.165) is 16.0 Å². The number of rotatable bonds is 4. The molecular weight excluding hydrogens is 422 g/mol. The monoisotopic (exact) mass is 447 g/mol. The molecule has 10 heteroatoms. The molecule has 4 heterocycles. The molecule has 30 heavy (non-hydrogen) atoms. The molecule has 1 aliphatic heterocycles. The van der Waals surface area contributed by atoms with E-state index < -0.39 is 10.0 Å². The van der Waals surface area contributed by atoms with E-state index in [0.29, 0.717) is 37.4 Å². The first-order valence-corrected chi connectivity index (χ1v) is 12.5. The van der Waals surface area contributed by atoms with Crippen LogP contribution >= 0.6 is 11.3 Å². The van der Waals surface area contributed by atoms with E-state index in [1.807, 2.05) is 43.7 Å². The standard InChI is InChI=1S/C20H25N5O3S2/c1-13(2)25-19-16(12-21-25)15(11-17(22-19)18-6-5-14(3)29-18)20(26)23-7-9-24(10-8-23)30(4,27)28/h5-6,11-13H,7-10H2,1-4H3. The van der Waals surface area contributed by atoms with Gasteiger partial charge in [0, 0.05) is 37.1 Å². The maximum absolute atomic E-state index is 13.4. The van der Waals surface area contributed by atoms with Gasteiger partial charge in [-0.1, -0.05) is 0 Å². The number of hydrogen-bond donors (Lipinski definition) is 0. The topological polar surface area (TPSA) is 88.4 Å². The lowest BCUT2D eigenvalue weighted by Crippen LogP contribution is -2.50. The van der Waals surface area contributed by atoms with Crippen molar-refractivity contribution < 1.29 is 13.2 Å². The molecule has 0 spiro atoms. The molecule has 0 atom stereocenters. The summed E-state index contributed by atoms with van der Waals surface area (Å²) in [7, 11) is -3.25. The Morgan fingerprint density at radius 1 is 1.17 bits per heavy atom. The molecule has 1 fully saturated rings. The zero-order chi connectivity index (χ0) is 21.6. The first-order chi connectivity index (χ1) is 14.1. The van der Waals surface area contributed by atoms with Crippen LogP contribution in [0.5, 0.6) is 0 Å². The number of aryl methyl sites for hydroxylation is 1. The summed E-state index contributed by atoms with van der Waals surface area (Å²) in [6.45, 7) is 7.44. The van der Waals surface area contributed by atoms with E-state index in [9.17, 15) is 13.2 Å². The van der Waals surface area contributed by atoms with Crippen LogP contribution in [-0.4, -0.2) is 70.7 Å². The number of aromatic nitrogens is 3. The number of carbonyl (C=O) groups is 1. The molecule has 0 aromatic carbocycles. The number of fused-ring (bicyclic) bond motifs is 1. The van der Waals surface area contributed by atoms with E-state index in [1.165, 1.54) is 15.4 Å². The zero-order valence-electron chi connectivity index (χ0n) is 17.5. The fourth-order valence-electron chi connectivity index (χ4n) is 3.66. The maximum atomic E-state index is 13.4. The maximum Gasteiger partial charge on any atom is 0.254 e. The number of amides is 1. The van der Waals surface area contributed by atoms with Crippen molar-refractivity contribution in [2.75, 3.05) is 32.4 Å². The average Bonchev–Trinajstić information content (AvgIpc) is 3.32. The van der Waals surface area contributed by atoms with Crippen LogP contribution in [0.4, 0.5) is 0 Å². The van der Waals surface area contributed by atoms with Crippen LogP contribution in [0.15, 0.2) is 24.4 Å². The lowest BCUT2D eigenvalue weighted by Gasteiger charge is -2.33. The third-order valence-electron chi connectivity index (χ3n) is 5.27. The van der Waals surface area contributed by atoms with Crippen molar-refractivity contribution in [3.63, 3.8) is 0 Å². The minimum absolute atomic E-state index is 0.108. The smallest absolute Gasteiger partial charge is 0.254 e. The second-order valence-electron chi connectivity index (χ2n) is 7.84. The molecule has 3 aromatic rings. The number of sulfonamides is 1. The minimum Gasteiger partial charge on any atom is -0.336 e. The van der Waals surface area contributed by atoms with Gasteiger partial charge in [0.05, 0.1) is 34.0 Å². The van der Waals surface area contributed by atoms with Gasteiger partial charge in [0.15, 0.2) is 5.65 Å². The van der Waals surface area contributed by atoms with Crippen molar-refractivity contribution >= 4 is 38.3 Å². The van der Waals surface area contributed by atoms with Gasteiger partial charge < -0.3 is 4.90 Å². The van der Waals surface area contributed by atoms with Crippen LogP contribution in [0, 0.1) is 6.92 Å². The predicted molar refractivity (Wildman–Crippen MR) is 118 cm³/mol. The van der Waals surface area contributed by atoms with Gasteiger partial charge in [-0.25, -0.2) is 18.1 Å². The highest BCUT2D eigenvalue weighted by Crippen LogP contribution is 2.31. The Hall–Kier alpha value is -2.30. The van der Waals surface area contributed by atoms with Crippen molar-refractivity contribution in [2.24, 2.45) is 0 Å². The highest BCUT2D eigenvalue weighted by atomic mass is 32.2. The van der Waals surface area contributed by atoms with Crippen LogP contribution in [0.2, 0.25) is 0 Å². The van der Waals surface area contributed by atoms with Crippen LogP contribution in [0.25, 0.3) is 21.6 Å². The van der Waals surface area contributed by atoms with E-state index in [2.05, 4.69) is 5.10 Å². The van der Waals surface area contributed by atoms with Gasteiger partial charge in [-0.3, -0.25) is 4.79 Å². The number of thiophene rings is 1. The summed E-state index contributed by atoms with van der Waals surface area (Å²) in [6.07, 6.45) is 2.90. The fraction of sp³-hybridized carbons (Fsp3) is 0.450. The largest absolute Gasteiger partial charge is 0.336 e. The number of piperazine rings is 1. The van der Waals surface area contributed by atoms with Gasteiger partial charge in [-0.15, -0.1) is 11.3 Å². The lowest BCUT2D eigenvalue weighted by molar-refractivity contribution is 0.0700. The number of pyridine rings is 1. The van der Waals surface area contributed by atoms with E-state index in [4.69, 9.17) is 4.98 Å². The van der Waals surface area contributed by atoms with Crippen molar-refractivity contribution in [3.8, 4) is 10.6 Å². The first kappa shape index (κ1) is 21.0.